The predicted octanol–water partition coefficient (Wildman–Crippen LogP) is 3.69. The lowest BCUT2D eigenvalue weighted by atomic mass is 9.84. The Labute approximate surface area is 142 Å². The number of halogens is 1. The van der Waals surface area contributed by atoms with Crippen LogP contribution in [0.2, 0.25) is 0 Å². The summed E-state index contributed by atoms with van der Waals surface area (Å²) in [5, 5.41) is 11.5. The molecule has 2 fully saturated rings. The van der Waals surface area contributed by atoms with Crippen LogP contribution in [0.3, 0.4) is 0 Å². The summed E-state index contributed by atoms with van der Waals surface area (Å²) in [5.74, 6) is -0.456. The van der Waals surface area contributed by atoms with Gasteiger partial charge in [-0.25, -0.2) is 4.79 Å². The Bertz CT molecular complexity index is 573. The van der Waals surface area contributed by atoms with Crippen LogP contribution < -0.4 is 0 Å². The highest BCUT2D eigenvalue weighted by molar-refractivity contribution is 9.10. The molecule has 0 aromatic carbocycles. The summed E-state index contributed by atoms with van der Waals surface area (Å²) in [7, 11) is 0. The molecule has 1 N–H and O–H groups in total. The number of carbonyl (C=O) groups is 2. The number of carbonyl (C=O) groups excluding carboxylic acids is 1. The first kappa shape index (κ1) is 16.0. The van der Waals surface area contributed by atoms with Crippen LogP contribution in [0.25, 0.3) is 0 Å². The average Bonchev–Trinajstić information content (AvgIpc) is 3.08. The van der Waals surface area contributed by atoms with E-state index in [4.69, 9.17) is 0 Å². The second kappa shape index (κ2) is 6.71. The van der Waals surface area contributed by atoms with Gasteiger partial charge in [-0.3, -0.25) is 4.79 Å². The standard InChI is InChI=1S/C16H20BrNO3S/c17-11-8-12(22-9-11)5-6-15(19)18-13-4-2-1-3-10(13)7-14(18)16(20)21/h8-10,13-14H,1-7H2,(H,20,21). The number of aryl methyl sites for hydroxylation is 1. The predicted molar refractivity (Wildman–Crippen MR) is 89.0 cm³/mol. The van der Waals surface area contributed by atoms with Gasteiger partial charge in [-0.05, 0) is 53.6 Å². The minimum Gasteiger partial charge on any atom is -0.480 e. The zero-order valence-corrected chi connectivity index (χ0v) is 14.7. The summed E-state index contributed by atoms with van der Waals surface area (Å²) in [6.45, 7) is 0. The monoisotopic (exact) mass is 385 g/mol. The number of amides is 1. The Morgan fingerprint density at radius 3 is 2.82 bits per heavy atom. The zero-order valence-electron chi connectivity index (χ0n) is 12.3. The third kappa shape index (κ3) is 3.23. The van der Waals surface area contributed by atoms with E-state index in [9.17, 15) is 14.7 Å². The number of carboxylic acids is 1. The lowest BCUT2D eigenvalue weighted by molar-refractivity contribution is -0.149. The highest BCUT2D eigenvalue weighted by atomic mass is 79.9. The fourth-order valence-corrected chi connectivity index (χ4v) is 5.34. The minimum absolute atomic E-state index is 0.00585. The quantitative estimate of drug-likeness (QED) is 0.859. The van der Waals surface area contributed by atoms with E-state index >= 15 is 0 Å². The molecule has 4 nitrogen and oxygen atoms in total. The first-order valence-electron chi connectivity index (χ1n) is 7.83. The number of carboxylic acid groups (broad SMARTS) is 1. The van der Waals surface area contributed by atoms with Gasteiger partial charge in [-0.1, -0.05) is 12.8 Å². The molecule has 1 aromatic rings. The average molecular weight is 386 g/mol. The molecular formula is C16H20BrNO3S. The molecule has 22 heavy (non-hydrogen) atoms. The van der Waals surface area contributed by atoms with Gasteiger partial charge in [0.15, 0.2) is 0 Å². The van der Waals surface area contributed by atoms with E-state index in [1.807, 2.05) is 11.4 Å². The van der Waals surface area contributed by atoms with Crippen molar-refractivity contribution in [2.24, 2.45) is 5.92 Å². The van der Waals surface area contributed by atoms with Crippen LogP contribution in [0, 0.1) is 5.92 Å². The van der Waals surface area contributed by atoms with E-state index in [1.54, 1.807) is 16.2 Å². The number of thiophene rings is 1. The first-order valence-corrected chi connectivity index (χ1v) is 9.50. The Hall–Kier alpha value is -0.880. The van der Waals surface area contributed by atoms with Crippen LogP contribution in [-0.4, -0.2) is 34.0 Å². The van der Waals surface area contributed by atoms with Gasteiger partial charge in [-0.2, -0.15) is 0 Å². The third-order valence-corrected chi connectivity index (χ3v) is 6.63. The van der Waals surface area contributed by atoms with Crippen molar-refractivity contribution >= 4 is 39.1 Å². The Morgan fingerprint density at radius 1 is 1.36 bits per heavy atom. The summed E-state index contributed by atoms with van der Waals surface area (Å²) in [5.41, 5.74) is 0. The number of aliphatic carboxylic acids is 1. The van der Waals surface area contributed by atoms with Gasteiger partial charge in [0.25, 0.3) is 0 Å². The van der Waals surface area contributed by atoms with Crippen LogP contribution in [0.5, 0.6) is 0 Å². The van der Waals surface area contributed by atoms with Gasteiger partial charge < -0.3 is 10.0 Å². The lowest BCUT2D eigenvalue weighted by Crippen LogP contribution is -2.46. The second-order valence-corrected chi connectivity index (χ2v) is 8.15. The summed E-state index contributed by atoms with van der Waals surface area (Å²) in [6.07, 6.45) is 6.03. The highest BCUT2D eigenvalue weighted by Crippen LogP contribution is 2.40. The Kier molecular flexibility index (Phi) is 4.88. The molecule has 1 aliphatic carbocycles. The molecule has 3 unspecified atom stereocenters. The molecule has 3 atom stereocenters. The number of hydrogen-bond donors (Lipinski definition) is 1. The first-order chi connectivity index (χ1) is 10.6. The lowest BCUT2D eigenvalue weighted by Gasteiger charge is -2.33. The summed E-state index contributed by atoms with van der Waals surface area (Å²) in [4.78, 5) is 27.1. The van der Waals surface area contributed by atoms with Crippen molar-refractivity contribution in [2.45, 2.75) is 57.0 Å². The normalized spacial score (nSPS) is 27.7. The minimum atomic E-state index is -0.846. The molecule has 120 valence electrons. The van der Waals surface area contributed by atoms with Crippen molar-refractivity contribution in [1.82, 2.24) is 4.90 Å². The topological polar surface area (TPSA) is 57.6 Å². The van der Waals surface area contributed by atoms with Gasteiger partial charge >= 0.3 is 5.97 Å². The number of rotatable bonds is 4. The van der Waals surface area contributed by atoms with Crippen molar-refractivity contribution in [3.63, 3.8) is 0 Å². The Balaban J connectivity index is 1.69. The van der Waals surface area contributed by atoms with E-state index in [-0.39, 0.29) is 11.9 Å². The molecular weight excluding hydrogens is 366 g/mol. The van der Waals surface area contributed by atoms with Crippen LogP contribution in [0.15, 0.2) is 15.9 Å². The molecule has 3 rings (SSSR count). The van der Waals surface area contributed by atoms with Gasteiger partial charge in [0.05, 0.1) is 0 Å². The van der Waals surface area contributed by atoms with Crippen molar-refractivity contribution in [1.29, 1.82) is 0 Å². The molecule has 1 aliphatic heterocycles. The van der Waals surface area contributed by atoms with Gasteiger partial charge in [0.1, 0.15) is 6.04 Å². The van der Waals surface area contributed by atoms with E-state index < -0.39 is 12.0 Å². The fourth-order valence-electron chi connectivity index (χ4n) is 3.88. The maximum Gasteiger partial charge on any atom is 0.326 e. The molecule has 1 amide bonds. The van der Waals surface area contributed by atoms with E-state index in [0.717, 1.165) is 28.6 Å². The van der Waals surface area contributed by atoms with Crippen molar-refractivity contribution in [3.05, 3.63) is 20.8 Å². The largest absolute Gasteiger partial charge is 0.480 e. The number of nitrogens with zero attached hydrogens (tertiary/aromatic N) is 1. The van der Waals surface area contributed by atoms with Crippen LogP contribution in [-0.2, 0) is 16.0 Å². The molecule has 2 aliphatic rings. The molecule has 0 radical (unpaired) electrons. The smallest absolute Gasteiger partial charge is 0.326 e. The van der Waals surface area contributed by atoms with E-state index in [2.05, 4.69) is 15.9 Å². The third-order valence-electron chi connectivity index (χ3n) is 4.87. The summed E-state index contributed by atoms with van der Waals surface area (Å²) < 4.78 is 1.04. The van der Waals surface area contributed by atoms with Crippen LogP contribution in [0.1, 0.15) is 43.4 Å². The molecule has 1 saturated heterocycles. The summed E-state index contributed by atoms with van der Waals surface area (Å²) in [6, 6.07) is 1.56. The molecule has 0 bridgehead atoms. The zero-order chi connectivity index (χ0) is 15.7. The van der Waals surface area contributed by atoms with Gasteiger partial charge in [0, 0.05) is 27.2 Å². The molecule has 1 saturated carbocycles. The number of likely N-dealkylation sites (tertiary alicyclic amines) is 1. The molecule has 0 spiro atoms. The molecule has 1 aromatic heterocycles. The van der Waals surface area contributed by atoms with Gasteiger partial charge in [-0.15, -0.1) is 11.3 Å². The summed E-state index contributed by atoms with van der Waals surface area (Å²) >= 11 is 5.05. The van der Waals surface area contributed by atoms with Crippen LogP contribution in [0.4, 0.5) is 0 Å². The van der Waals surface area contributed by atoms with E-state index in [0.29, 0.717) is 25.2 Å². The molecule has 2 heterocycles. The SMILES string of the molecule is O=C(O)C1CC2CCCCC2N1C(=O)CCc1cc(Br)cs1. The van der Waals surface area contributed by atoms with Crippen LogP contribution >= 0.6 is 27.3 Å². The Morgan fingerprint density at radius 2 is 2.14 bits per heavy atom. The maximum atomic E-state index is 12.7. The fraction of sp³-hybridized carbons (Fsp3) is 0.625. The van der Waals surface area contributed by atoms with E-state index in [1.165, 1.54) is 6.42 Å². The molecule has 6 heteroatoms. The van der Waals surface area contributed by atoms with Gasteiger partial charge in [0.2, 0.25) is 5.91 Å². The number of fused-ring (bicyclic) bond motifs is 1. The second-order valence-electron chi connectivity index (χ2n) is 6.23. The van der Waals surface area contributed by atoms with Crippen molar-refractivity contribution in [3.8, 4) is 0 Å². The highest BCUT2D eigenvalue weighted by Gasteiger charge is 2.47. The number of hydrogen-bond acceptors (Lipinski definition) is 3. The van der Waals surface area contributed by atoms with Crippen molar-refractivity contribution < 1.29 is 14.7 Å². The maximum absolute atomic E-state index is 12.7. The van der Waals surface area contributed by atoms with Crippen molar-refractivity contribution in [2.75, 3.05) is 0 Å².